The van der Waals surface area contributed by atoms with Crippen LogP contribution >= 0.6 is 7.26 Å². The van der Waals surface area contributed by atoms with E-state index in [1.165, 1.54) is 44.4 Å². The molecule has 0 aromatic heterocycles. The van der Waals surface area contributed by atoms with Crippen LogP contribution in [0.25, 0.3) is 0 Å². The van der Waals surface area contributed by atoms with Crippen molar-refractivity contribution < 1.29 is 17.1 Å². The number of hydrogen-bond acceptors (Lipinski definition) is 0. The van der Waals surface area contributed by atoms with Gasteiger partial charge in [-0.3, -0.25) is 0 Å². The van der Waals surface area contributed by atoms with Crippen molar-refractivity contribution in [3.8, 4) is 0 Å². The van der Waals surface area contributed by atoms with Crippen LogP contribution in [-0.2, 0) is 17.1 Å². The number of rotatable bonds is 3. The van der Waals surface area contributed by atoms with E-state index in [4.69, 9.17) is 0 Å². The smallest absolute Gasteiger partial charge is 0.358 e. The summed E-state index contributed by atoms with van der Waals surface area (Å²) in [7, 11) is -0.738. The Morgan fingerprint density at radius 3 is 1.90 bits per heavy atom. The topological polar surface area (TPSA) is 0 Å². The van der Waals surface area contributed by atoms with Crippen LogP contribution in [0.1, 0.15) is 52.9 Å². The van der Waals surface area contributed by atoms with E-state index >= 15 is 0 Å². The normalized spacial score (nSPS) is 20.6. The fourth-order valence-electron chi connectivity index (χ4n) is 2.83. The van der Waals surface area contributed by atoms with Crippen molar-refractivity contribution in [3.05, 3.63) is 37.6 Å². The van der Waals surface area contributed by atoms with Crippen molar-refractivity contribution in [2.45, 2.75) is 58.5 Å². The zero-order valence-electron chi connectivity index (χ0n) is 14.1. The van der Waals surface area contributed by atoms with Crippen LogP contribution in [0.15, 0.2) is 23.8 Å². The van der Waals surface area contributed by atoms with E-state index in [0.717, 1.165) is 5.66 Å². The molecule has 1 atom stereocenters. The van der Waals surface area contributed by atoms with Crippen LogP contribution in [0.3, 0.4) is 0 Å². The molecule has 0 aromatic rings. The molecular weight excluding hydrogens is 303 g/mol. The van der Waals surface area contributed by atoms with Crippen LogP contribution in [0, 0.1) is 13.8 Å². The second kappa shape index (κ2) is 11.9. The van der Waals surface area contributed by atoms with Gasteiger partial charge in [0, 0.05) is 19.6 Å². The second-order valence-electron chi connectivity index (χ2n) is 5.81. The van der Waals surface area contributed by atoms with Crippen LogP contribution < -0.4 is 0 Å². The summed E-state index contributed by atoms with van der Waals surface area (Å²) >= 11 is 0. The minimum atomic E-state index is -0.738. The largest absolute Gasteiger partial charge is 2.00 e. The average molecular weight is 337 g/mol. The van der Waals surface area contributed by atoms with Crippen LogP contribution in [-0.4, -0.2) is 24.6 Å². The predicted octanol–water partition coefficient (Wildman–Crippen LogP) is 6.16. The van der Waals surface area contributed by atoms with Crippen molar-refractivity contribution in [3.63, 3.8) is 0 Å². The molecule has 0 amide bonds. The molecule has 1 saturated carbocycles. The Labute approximate surface area is 139 Å². The quantitative estimate of drug-likeness (QED) is 0.329. The number of hydrogen-bond donors (Lipinski definition) is 0. The molecule has 2 aliphatic rings. The first-order chi connectivity index (χ1) is 8.64. The third kappa shape index (κ3) is 6.84. The van der Waals surface area contributed by atoms with Gasteiger partial charge < -0.3 is 7.43 Å². The Kier molecular flexibility index (Phi) is 13.4. The zero-order chi connectivity index (χ0) is 13.4. The molecule has 1 fully saturated rings. The summed E-state index contributed by atoms with van der Waals surface area (Å²) in [5.41, 5.74) is 2.31. The van der Waals surface area contributed by atoms with Crippen LogP contribution in [0.4, 0.5) is 0 Å². The Hall–Kier alpha value is 0.299. The third-order valence-electron chi connectivity index (χ3n) is 4.60. The fourth-order valence-corrected chi connectivity index (χ4v) is 5.65. The van der Waals surface area contributed by atoms with Gasteiger partial charge >= 0.3 is 17.1 Å². The molecule has 0 radical (unpaired) electrons. The van der Waals surface area contributed by atoms with Crippen molar-refractivity contribution in [1.29, 1.82) is 0 Å². The van der Waals surface area contributed by atoms with Gasteiger partial charge in [0.15, 0.2) is 0 Å². The van der Waals surface area contributed by atoms with Gasteiger partial charge in [0.25, 0.3) is 0 Å². The van der Waals surface area contributed by atoms with Crippen LogP contribution in [0.2, 0.25) is 0 Å². The molecule has 0 heterocycles. The molecule has 2 aliphatic carbocycles. The first-order valence-electron chi connectivity index (χ1n) is 7.66. The summed E-state index contributed by atoms with van der Waals surface area (Å²) in [6, 6.07) is 0. The molecule has 1 unspecified atom stereocenters. The van der Waals surface area contributed by atoms with E-state index in [2.05, 4.69) is 52.1 Å². The van der Waals surface area contributed by atoms with Gasteiger partial charge in [-0.05, 0) is 20.8 Å². The monoisotopic (exact) mass is 337 g/mol. The maximum absolute atomic E-state index is 2.50. The summed E-state index contributed by atoms with van der Waals surface area (Å²) < 4.78 is 0. The van der Waals surface area contributed by atoms with E-state index in [1.807, 2.05) is 0 Å². The summed E-state index contributed by atoms with van der Waals surface area (Å²) in [6.45, 7) is 9.46. The molecule has 2 rings (SSSR count). The molecule has 20 heavy (non-hydrogen) atoms. The first kappa shape index (κ1) is 22.6. The van der Waals surface area contributed by atoms with Crippen molar-refractivity contribution >= 4 is 7.26 Å². The first-order valence-corrected chi connectivity index (χ1v) is 10.3. The molecule has 0 spiro atoms. The standard InChI is InChI=1S/C12H21P.C5H10.CH3.Fe/c1-5-13(4,6-2)12-10-8-7-9-11(12)3;1-2-4-5-3-1;;/h7-10,12H,5-6H2,1-4H3;1-5H2;1H3;/q;;-1;+2. The van der Waals surface area contributed by atoms with Gasteiger partial charge in [-0.2, -0.15) is 6.42 Å². The summed E-state index contributed by atoms with van der Waals surface area (Å²) in [5.74, 6) is 0. The van der Waals surface area contributed by atoms with Crippen LogP contribution in [0.5, 0.6) is 0 Å². The Morgan fingerprint density at radius 1 is 1.10 bits per heavy atom. The Bertz CT molecular complexity index is 278. The van der Waals surface area contributed by atoms with Crippen molar-refractivity contribution in [2.24, 2.45) is 0 Å². The van der Waals surface area contributed by atoms with Gasteiger partial charge in [0.05, 0.1) is 12.3 Å². The second-order valence-corrected chi connectivity index (χ2v) is 10.6. The van der Waals surface area contributed by atoms with Gasteiger partial charge in [-0.1, -0.05) is 37.7 Å². The van der Waals surface area contributed by atoms with Crippen molar-refractivity contribution in [1.82, 2.24) is 0 Å². The maximum atomic E-state index is 2.50. The zero-order valence-corrected chi connectivity index (χ0v) is 16.1. The SMILES string of the molecule is C1CCCC1.CC[P+](C)(CC)C1[CH-]C=CC=C1C.[CH3-].[Fe+2]. The van der Waals surface area contributed by atoms with Gasteiger partial charge in [-0.15, -0.1) is 6.08 Å². The van der Waals surface area contributed by atoms with E-state index in [0.29, 0.717) is 0 Å². The average Bonchev–Trinajstić information content (AvgIpc) is 2.97. The fraction of sp³-hybridized carbons (Fsp3) is 0.667. The molecule has 0 bridgehead atoms. The molecular formula is C18H34FeP+. The van der Waals surface area contributed by atoms with E-state index in [1.54, 1.807) is 5.57 Å². The molecule has 0 aromatic carbocycles. The molecule has 0 nitrogen and oxygen atoms in total. The van der Waals surface area contributed by atoms with Gasteiger partial charge in [0.2, 0.25) is 0 Å². The molecule has 0 aliphatic heterocycles. The summed E-state index contributed by atoms with van der Waals surface area (Å²) in [5, 5.41) is 0. The minimum absolute atomic E-state index is 0. The predicted molar refractivity (Wildman–Crippen MR) is 94.4 cm³/mol. The number of allylic oxidation sites excluding steroid dienone is 4. The van der Waals surface area contributed by atoms with Gasteiger partial charge in [0.1, 0.15) is 0 Å². The maximum Gasteiger partial charge on any atom is 2.00 e. The third-order valence-corrected chi connectivity index (χ3v) is 9.41. The molecule has 118 valence electrons. The van der Waals surface area contributed by atoms with Crippen molar-refractivity contribution in [2.75, 3.05) is 19.0 Å². The molecule has 0 N–H and O–H groups in total. The molecule has 0 saturated heterocycles. The minimum Gasteiger partial charge on any atom is -0.358 e. The molecule has 2 heteroatoms. The Morgan fingerprint density at radius 2 is 1.55 bits per heavy atom. The Balaban J connectivity index is 0. The summed E-state index contributed by atoms with van der Waals surface area (Å²) in [4.78, 5) is 0. The van der Waals surface area contributed by atoms with E-state index in [-0.39, 0.29) is 24.5 Å². The van der Waals surface area contributed by atoms with Gasteiger partial charge in [-0.25, -0.2) is 12.2 Å². The van der Waals surface area contributed by atoms with E-state index in [9.17, 15) is 0 Å². The summed E-state index contributed by atoms with van der Waals surface area (Å²) in [6.07, 6.45) is 19.3. The van der Waals surface area contributed by atoms with E-state index < -0.39 is 7.26 Å².